The summed E-state index contributed by atoms with van der Waals surface area (Å²) in [5, 5.41) is 0.788. The second-order valence-corrected chi connectivity index (χ2v) is 5.70. The summed E-state index contributed by atoms with van der Waals surface area (Å²) >= 11 is 6.21. The molecule has 0 saturated carbocycles. The van der Waals surface area contributed by atoms with Crippen molar-refractivity contribution in [3.05, 3.63) is 28.8 Å². The van der Waals surface area contributed by atoms with Crippen molar-refractivity contribution in [2.24, 2.45) is 17.6 Å². The van der Waals surface area contributed by atoms with Gasteiger partial charge in [0.25, 0.3) is 0 Å². The molecule has 2 N–H and O–H groups in total. The third-order valence-corrected chi connectivity index (χ3v) is 3.86. The zero-order valence-corrected chi connectivity index (χ0v) is 11.4. The first-order chi connectivity index (χ1) is 8.11. The quantitative estimate of drug-likeness (QED) is 0.875. The molecule has 1 saturated heterocycles. The first-order valence-corrected chi connectivity index (χ1v) is 6.72. The monoisotopic (exact) mass is 252 g/mol. The van der Waals surface area contributed by atoms with Crippen LogP contribution in [-0.4, -0.2) is 13.1 Å². The number of halogens is 1. The summed E-state index contributed by atoms with van der Waals surface area (Å²) in [5.41, 5.74) is 8.12. The molecular formula is C14H21ClN2. The van der Waals surface area contributed by atoms with Crippen LogP contribution in [0.3, 0.4) is 0 Å². The van der Waals surface area contributed by atoms with Crippen LogP contribution in [0.5, 0.6) is 0 Å². The van der Waals surface area contributed by atoms with Gasteiger partial charge in [0, 0.05) is 35.9 Å². The number of hydrogen-bond acceptors (Lipinski definition) is 2. The second-order valence-electron chi connectivity index (χ2n) is 5.29. The van der Waals surface area contributed by atoms with Crippen LogP contribution >= 0.6 is 11.6 Å². The molecule has 0 aromatic heterocycles. The maximum absolute atomic E-state index is 6.21. The fourth-order valence-electron chi connectivity index (χ4n) is 2.91. The molecule has 3 heteroatoms. The Bertz CT molecular complexity index is 382. The Morgan fingerprint density at radius 2 is 1.94 bits per heavy atom. The van der Waals surface area contributed by atoms with Gasteiger partial charge in [0.15, 0.2) is 0 Å². The third-order valence-electron chi connectivity index (χ3n) is 3.51. The first kappa shape index (κ1) is 12.7. The molecule has 0 amide bonds. The van der Waals surface area contributed by atoms with E-state index in [2.05, 4.69) is 24.8 Å². The Morgan fingerprint density at radius 1 is 1.29 bits per heavy atom. The smallest absolute Gasteiger partial charge is 0.0471 e. The van der Waals surface area contributed by atoms with Crippen molar-refractivity contribution in [2.75, 3.05) is 18.0 Å². The SMILES string of the molecule is CC1CC(C)CN(c2cccc(Cl)c2CN)C1. The lowest BCUT2D eigenvalue weighted by atomic mass is 9.91. The standard InChI is InChI=1S/C14H21ClN2/c1-10-6-11(2)9-17(8-10)14-5-3-4-13(15)12(14)7-16/h3-5,10-11H,6-9,16H2,1-2H3. The minimum absolute atomic E-state index is 0.508. The Kier molecular flexibility index (Phi) is 3.95. The zero-order valence-electron chi connectivity index (χ0n) is 10.6. The van der Waals surface area contributed by atoms with Crippen molar-refractivity contribution < 1.29 is 0 Å². The molecule has 2 atom stereocenters. The topological polar surface area (TPSA) is 29.3 Å². The van der Waals surface area contributed by atoms with E-state index >= 15 is 0 Å². The van der Waals surface area contributed by atoms with Crippen LogP contribution in [0, 0.1) is 11.8 Å². The number of hydrogen-bond donors (Lipinski definition) is 1. The number of nitrogens with two attached hydrogens (primary N) is 1. The van der Waals surface area contributed by atoms with Gasteiger partial charge in [-0.15, -0.1) is 0 Å². The number of rotatable bonds is 2. The predicted molar refractivity (Wildman–Crippen MR) is 74.5 cm³/mol. The van der Waals surface area contributed by atoms with Crippen LogP contribution in [-0.2, 0) is 6.54 Å². The fraction of sp³-hybridized carbons (Fsp3) is 0.571. The molecule has 2 unspecified atom stereocenters. The molecule has 2 rings (SSSR count). The molecule has 1 aliphatic heterocycles. The number of piperidine rings is 1. The third kappa shape index (κ3) is 2.75. The zero-order chi connectivity index (χ0) is 12.4. The maximum Gasteiger partial charge on any atom is 0.0471 e. The molecule has 94 valence electrons. The fourth-order valence-corrected chi connectivity index (χ4v) is 3.15. The molecule has 1 aromatic rings. The summed E-state index contributed by atoms with van der Waals surface area (Å²) in [4.78, 5) is 2.44. The summed E-state index contributed by atoms with van der Waals surface area (Å²) in [6.07, 6.45) is 1.31. The average Bonchev–Trinajstić information content (AvgIpc) is 2.27. The van der Waals surface area contributed by atoms with Gasteiger partial charge in [0.1, 0.15) is 0 Å². The minimum atomic E-state index is 0.508. The van der Waals surface area contributed by atoms with Crippen molar-refractivity contribution in [1.29, 1.82) is 0 Å². The average molecular weight is 253 g/mol. The van der Waals surface area contributed by atoms with E-state index in [0.29, 0.717) is 6.54 Å². The summed E-state index contributed by atoms with van der Waals surface area (Å²) in [6.45, 7) is 7.36. The largest absolute Gasteiger partial charge is 0.371 e. The summed E-state index contributed by atoms with van der Waals surface area (Å²) in [7, 11) is 0. The highest BCUT2D eigenvalue weighted by molar-refractivity contribution is 6.31. The number of anilines is 1. The maximum atomic E-state index is 6.21. The first-order valence-electron chi connectivity index (χ1n) is 6.34. The van der Waals surface area contributed by atoms with Crippen molar-refractivity contribution >= 4 is 17.3 Å². The van der Waals surface area contributed by atoms with E-state index in [4.69, 9.17) is 17.3 Å². The van der Waals surface area contributed by atoms with Crippen LogP contribution < -0.4 is 10.6 Å². The number of nitrogens with zero attached hydrogens (tertiary/aromatic N) is 1. The molecule has 1 aliphatic rings. The van der Waals surface area contributed by atoms with Gasteiger partial charge in [-0.1, -0.05) is 31.5 Å². The summed E-state index contributed by atoms with van der Waals surface area (Å²) in [6, 6.07) is 6.07. The van der Waals surface area contributed by atoms with Crippen LogP contribution in [0.1, 0.15) is 25.8 Å². The Labute approximate surface area is 109 Å². The van der Waals surface area contributed by atoms with E-state index in [9.17, 15) is 0 Å². The minimum Gasteiger partial charge on any atom is -0.371 e. The lowest BCUT2D eigenvalue weighted by Gasteiger charge is -2.37. The van der Waals surface area contributed by atoms with Crippen LogP contribution in [0.2, 0.25) is 5.02 Å². The van der Waals surface area contributed by atoms with E-state index in [0.717, 1.165) is 35.5 Å². The normalized spacial score (nSPS) is 25.1. The lowest BCUT2D eigenvalue weighted by molar-refractivity contribution is 0.356. The Hall–Kier alpha value is -0.730. The van der Waals surface area contributed by atoms with E-state index < -0.39 is 0 Å². The summed E-state index contributed by atoms with van der Waals surface area (Å²) < 4.78 is 0. The highest BCUT2D eigenvalue weighted by Crippen LogP contribution is 2.31. The lowest BCUT2D eigenvalue weighted by Crippen LogP contribution is -2.39. The van der Waals surface area contributed by atoms with Crippen molar-refractivity contribution in [2.45, 2.75) is 26.8 Å². The molecule has 17 heavy (non-hydrogen) atoms. The highest BCUT2D eigenvalue weighted by Gasteiger charge is 2.23. The predicted octanol–water partition coefficient (Wildman–Crippen LogP) is 3.28. The van der Waals surface area contributed by atoms with E-state index in [1.165, 1.54) is 12.1 Å². The van der Waals surface area contributed by atoms with E-state index in [-0.39, 0.29) is 0 Å². The molecule has 0 spiro atoms. The second kappa shape index (κ2) is 5.28. The van der Waals surface area contributed by atoms with Crippen molar-refractivity contribution in [3.63, 3.8) is 0 Å². The molecule has 0 aliphatic carbocycles. The van der Waals surface area contributed by atoms with Gasteiger partial charge in [0.2, 0.25) is 0 Å². The van der Waals surface area contributed by atoms with Crippen molar-refractivity contribution in [3.8, 4) is 0 Å². The molecule has 1 heterocycles. The molecule has 1 aromatic carbocycles. The molecule has 0 bridgehead atoms. The number of benzene rings is 1. The highest BCUT2D eigenvalue weighted by atomic mass is 35.5. The van der Waals surface area contributed by atoms with Gasteiger partial charge in [0.05, 0.1) is 0 Å². The van der Waals surface area contributed by atoms with Gasteiger partial charge >= 0.3 is 0 Å². The van der Waals surface area contributed by atoms with Crippen LogP contribution in [0.15, 0.2) is 18.2 Å². The van der Waals surface area contributed by atoms with Crippen LogP contribution in [0.4, 0.5) is 5.69 Å². The van der Waals surface area contributed by atoms with Crippen molar-refractivity contribution in [1.82, 2.24) is 0 Å². The van der Waals surface area contributed by atoms with Crippen LogP contribution in [0.25, 0.3) is 0 Å². The van der Waals surface area contributed by atoms with E-state index in [1.807, 2.05) is 12.1 Å². The molecule has 1 fully saturated rings. The van der Waals surface area contributed by atoms with Gasteiger partial charge < -0.3 is 10.6 Å². The Balaban J connectivity index is 2.30. The van der Waals surface area contributed by atoms with Gasteiger partial charge in [-0.2, -0.15) is 0 Å². The van der Waals surface area contributed by atoms with Gasteiger partial charge in [-0.3, -0.25) is 0 Å². The van der Waals surface area contributed by atoms with Gasteiger partial charge in [-0.25, -0.2) is 0 Å². The Morgan fingerprint density at radius 3 is 2.53 bits per heavy atom. The van der Waals surface area contributed by atoms with E-state index in [1.54, 1.807) is 0 Å². The summed E-state index contributed by atoms with van der Waals surface area (Å²) in [5.74, 6) is 1.48. The molecular weight excluding hydrogens is 232 g/mol. The molecule has 0 radical (unpaired) electrons. The molecule has 2 nitrogen and oxygen atoms in total. The van der Waals surface area contributed by atoms with Gasteiger partial charge in [-0.05, 0) is 30.4 Å².